The van der Waals surface area contributed by atoms with Crippen LogP contribution in [0.15, 0.2) is 57.6 Å². The Hall–Kier alpha value is -2.69. The summed E-state index contributed by atoms with van der Waals surface area (Å²) >= 11 is 2.14. The summed E-state index contributed by atoms with van der Waals surface area (Å²) in [7, 11) is 0. The number of H-pyrrole nitrogens is 1. The molecule has 0 saturated carbocycles. The number of nitrogens with one attached hydrogen (secondary N) is 1. The first-order valence-corrected chi connectivity index (χ1v) is 8.94. The van der Waals surface area contributed by atoms with Crippen LogP contribution in [0.1, 0.15) is 12.0 Å². The van der Waals surface area contributed by atoms with Gasteiger partial charge in [-0.25, -0.2) is 14.3 Å². The summed E-state index contributed by atoms with van der Waals surface area (Å²) in [6.45, 7) is 1.22. The molecule has 0 aliphatic carbocycles. The molecule has 2 aromatic heterocycles. The van der Waals surface area contributed by atoms with Gasteiger partial charge in [0.25, 0.3) is 5.56 Å². The van der Waals surface area contributed by atoms with Crippen LogP contribution in [0, 0.1) is 3.57 Å². The van der Waals surface area contributed by atoms with Crippen molar-refractivity contribution in [2.45, 2.75) is 13.0 Å². The molecule has 0 atom stereocenters. The number of nitrogens with zero attached hydrogens (tertiary/aromatic N) is 4. The molecule has 0 bridgehead atoms. The molecule has 2 heterocycles. The number of aromatic amines is 1. The van der Waals surface area contributed by atoms with Crippen LogP contribution >= 0.6 is 22.6 Å². The van der Waals surface area contributed by atoms with Crippen molar-refractivity contribution in [3.05, 3.63) is 73.0 Å². The van der Waals surface area contributed by atoms with Gasteiger partial charge in [0.2, 0.25) is 5.88 Å². The molecule has 0 unspecified atom stereocenters. The molecule has 9 heteroatoms. The summed E-state index contributed by atoms with van der Waals surface area (Å²) in [6, 6.07) is 6.98. The minimum Gasteiger partial charge on any atom is -0.493 e. The fourth-order valence-corrected chi connectivity index (χ4v) is 2.76. The monoisotopic (exact) mass is 465 g/mol. The maximum atomic E-state index is 12.1. The van der Waals surface area contributed by atoms with E-state index in [1.807, 2.05) is 10.8 Å². The van der Waals surface area contributed by atoms with Crippen LogP contribution < -0.4 is 11.2 Å². The molecule has 26 heavy (non-hydrogen) atoms. The summed E-state index contributed by atoms with van der Waals surface area (Å²) in [5.74, 6) is -0.432. The van der Waals surface area contributed by atoms with Gasteiger partial charge in [0, 0.05) is 35.3 Å². The summed E-state index contributed by atoms with van der Waals surface area (Å²) in [4.78, 5) is 34.5. The average molecular weight is 465 g/mol. The Balaban J connectivity index is 1.81. The zero-order chi connectivity index (χ0) is 18.5. The number of hydrogen-bond acceptors (Lipinski definition) is 5. The minimum absolute atomic E-state index is 0.0502. The van der Waals surface area contributed by atoms with Crippen molar-refractivity contribution >= 4 is 28.8 Å². The normalized spacial score (nSPS) is 11.3. The maximum Gasteiger partial charge on any atom is 0.335 e. The molecule has 1 aromatic carbocycles. The number of aromatic nitrogens is 4. The van der Waals surface area contributed by atoms with Crippen LogP contribution in [0.2, 0.25) is 0 Å². The van der Waals surface area contributed by atoms with E-state index in [0.717, 1.165) is 21.1 Å². The van der Waals surface area contributed by atoms with Gasteiger partial charge in [-0.2, -0.15) is 0 Å². The van der Waals surface area contributed by atoms with Crippen molar-refractivity contribution in [2.24, 2.45) is 4.99 Å². The standard InChI is InChI=1S/C17H16IN5O3/c18-12-2-4-13(5-3-12)23-16(25)14(15(24)21-17(23)26)10-19-6-1-8-22-9-7-20-11-22/h2-5,7,9-11,25H,1,6,8H2,(H,21,24,26). The quantitative estimate of drug-likeness (QED) is 0.328. The molecule has 134 valence electrons. The van der Waals surface area contributed by atoms with Gasteiger partial charge in [-0.3, -0.25) is 14.8 Å². The molecule has 0 aliphatic rings. The Morgan fingerprint density at radius 1 is 1.27 bits per heavy atom. The van der Waals surface area contributed by atoms with Crippen molar-refractivity contribution in [3.63, 3.8) is 0 Å². The Morgan fingerprint density at radius 2 is 2.04 bits per heavy atom. The summed E-state index contributed by atoms with van der Waals surface area (Å²) in [5, 5.41) is 10.4. The van der Waals surface area contributed by atoms with E-state index in [9.17, 15) is 14.7 Å². The van der Waals surface area contributed by atoms with Crippen LogP contribution in [0.4, 0.5) is 0 Å². The molecular formula is C17H16IN5O3. The van der Waals surface area contributed by atoms with E-state index >= 15 is 0 Å². The lowest BCUT2D eigenvalue weighted by molar-refractivity contribution is 0.430. The zero-order valence-electron chi connectivity index (χ0n) is 13.7. The third-order valence-corrected chi connectivity index (χ3v) is 4.41. The Labute approximate surface area is 162 Å². The van der Waals surface area contributed by atoms with Gasteiger partial charge >= 0.3 is 5.69 Å². The average Bonchev–Trinajstić information content (AvgIpc) is 3.12. The van der Waals surface area contributed by atoms with Crippen LogP contribution in [-0.4, -0.2) is 37.0 Å². The van der Waals surface area contributed by atoms with Crippen LogP contribution in [0.3, 0.4) is 0 Å². The van der Waals surface area contributed by atoms with Crippen LogP contribution in [0.25, 0.3) is 5.69 Å². The minimum atomic E-state index is -0.703. The van der Waals surface area contributed by atoms with Gasteiger partial charge in [-0.15, -0.1) is 0 Å². The Morgan fingerprint density at radius 3 is 2.73 bits per heavy atom. The molecule has 2 N–H and O–H groups in total. The maximum absolute atomic E-state index is 12.1. The highest BCUT2D eigenvalue weighted by Gasteiger charge is 2.13. The van der Waals surface area contributed by atoms with Gasteiger partial charge in [0.05, 0.1) is 12.0 Å². The third kappa shape index (κ3) is 4.10. The molecule has 3 aromatic rings. The molecule has 0 amide bonds. The highest BCUT2D eigenvalue weighted by Crippen LogP contribution is 2.16. The number of benzene rings is 1. The first kappa shape index (κ1) is 18.1. The smallest absolute Gasteiger partial charge is 0.335 e. The van der Waals surface area contributed by atoms with Crippen molar-refractivity contribution in [3.8, 4) is 11.6 Å². The van der Waals surface area contributed by atoms with E-state index in [1.165, 1.54) is 6.21 Å². The molecule has 3 rings (SSSR count). The first-order valence-electron chi connectivity index (χ1n) is 7.86. The van der Waals surface area contributed by atoms with Crippen LogP contribution in [0.5, 0.6) is 5.88 Å². The fraction of sp³-hybridized carbons (Fsp3) is 0.176. The van der Waals surface area contributed by atoms with Crippen molar-refractivity contribution in [1.82, 2.24) is 19.1 Å². The van der Waals surface area contributed by atoms with Gasteiger partial charge < -0.3 is 9.67 Å². The number of aryl methyl sites for hydroxylation is 1. The zero-order valence-corrected chi connectivity index (χ0v) is 15.8. The van der Waals surface area contributed by atoms with Crippen LogP contribution in [-0.2, 0) is 6.54 Å². The number of aromatic hydroxyl groups is 1. The lowest BCUT2D eigenvalue weighted by Gasteiger charge is -2.09. The third-order valence-electron chi connectivity index (χ3n) is 3.69. The lowest BCUT2D eigenvalue weighted by atomic mass is 10.3. The Kier molecular flexibility index (Phi) is 5.66. The van der Waals surface area contributed by atoms with E-state index < -0.39 is 17.1 Å². The SMILES string of the molecule is O=c1[nH]c(=O)n(-c2ccc(I)cc2)c(O)c1C=NCCCn1ccnc1. The van der Waals surface area contributed by atoms with E-state index in [-0.39, 0.29) is 5.56 Å². The molecule has 0 spiro atoms. The second kappa shape index (κ2) is 8.13. The van der Waals surface area contributed by atoms with Crippen molar-refractivity contribution in [1.29, 1.82) is 0 Å². The van der Waals surface area contributed by atoms with E-state index in [1.54, 1.807) is 36.8 Å². The largest absolute Gasteiger partial charge is 0.493 e. The summed E-state index contributed by atoms with van der Waals surface area (Å²) in [6.07, 6.45) is 7.33. The van der Waals surface area contributed by atoms with E-state index in [2.05, 4.69) is 37.6 Å². The lowest BCUT2D eigenvalue weighted by Crippen LogP contribution is -2.31. The van der Waals surface area contributed by atoms with Gasteiger partial charge in [0.1, 0.15) is 5.56 Å². The highest BCUT2D eigenvalue weighted by molar-refractivity contribution is 14.1. The number of aliphatic imine (C=N–C) groups is 1. The van der Waals surface area contributed by atoms with Crippen molar-refractivity contribution < 1.29 is 5.11 Å². The second-order valence-electron chi connectivity index (χ2n) is 5.50. The van der Waals surface area contributed by atoms with E-state index in [0.29, 0.717) is 12.2 Å². The molecule has 0 fully saturated rings. The molecule has 0 saturated heterocycles. The van der Waals surface area contributed by atoms with Gasteiger partial charge in [0.15, 0.2) is 0 Å². The van der Waals surface area contributed by atoms with Crippen molar-refractivity contribution in [2.75, 3.05) is 6.54 Å². The highest BCUT2D eigenvalue weighted by atomic mass is 127. The number of halogens is 1. The number of imidazole rings is 1. The predicted octanol–water partition coefficient (Wildman–Crippen LogP) is 1.54. The van der Waals surface area contributed by atoms with Gasteiger partial charge in [-0.1, -0.05) is 0 Å². The van der Waals surface area contributed by atoms with E-state index in [4.69, 9.17) is 0 Å². The second-order valence-corrected chi connectivity index (χ2v) is 6.74. The molecular weight excluding hydrogens is 449 g/mol. The molecule has 8 nitrogen and oxygen atoms in total. The number of hydrogen-bond donors (Lipinski definition) is 2. The predicted molar refractivity (Wildman–Crippen MR) is 106 cm³/mol. The Bertz CT molecular complexity index is 1020. The molecule has 0 aliphatic heterocycles. The molecule has 0 radical (unpaired) electrons. The first-order chi connectivity index (χ1) is 12.6. The summed E-state index contributed by atoms with van der Waals surface area (Å²) in [5.41, 5.74) is -0.969. The summed E-state index contributed by atoms with van der Waals surface area (Å²) < 4.78 is 3.96. The topological polar surface area (TPSA) is 105 Å². The number of rotatable bonds is 6. The van der Waals surface area contributed by atoms with Gasteiger partial charge in [-0.05, 0) is 53.3 Å². The fourth-order valence-electron chi connectivity index (χ4n) is 2.40.